The Morgan fingerprint density at radius 1 is 1.18 bits per heavy atom. The van der Waals surface area contributed by atoms with Gasteiger partial charge >= 0.3 is 0 Å². The predicted octanol–water partition coefficient (Wildman–Crippen LogP) is 2.51. The summed E-state index contributed by atoms with van der Waals surface area (Å²) in [6.45, 7) is 3.78. The highest BCUT2D eigenvalue weighted by molar-refractivity contribution is 7.13. The number of nitrogens with two attached hydrogens (primary N) is 1. The van der Waals surface area contributed by atoms with Crippen LogP contribution < -0.4 is 5.73 Å². The third-order valence-corrected chi connectivity index (χ3v) is 5.91. The smallest absolute Gasteiger partial charge is 0.273 e. The number of piperazine rings is 1. The molecule has 0 bridgehead atoms. The molecule has 28 heavy (non-hydrogen) atoms. The molecular formula is C16H20Cl2N6O2S2. The Morgan fingerprint density at radius 3 is 2.61 bits per heavy atom. The molecule has 0 unspecified atom stereocenters. The number of hydrogen-bond donors (Lipinski definition) is 1. The fourth-order valence-electron chi connectivity index (χ4n) is 2.79. The average Bonchev–Trinajstić information content (AvgIpc) is 3.42. The third kappa shape index (κ3) is 5.07. The molecule has 3 aromatic heterocycles. The molecule has 152 valence electrons. The van der Waals surface area contributed by atoms with Gasteiger partial charge in [-0.2, -0.15) is 4.98 Å². The van der Waals surface area contributed by atoms with Gasteiger partial charge in [-0.05, 0) is 11.4 Å². The second kappa shape index (κ2) is 10.3. The molecule has 0 aliphatic carbocycles. The molecule has 4 rings (SSSR count). The molecule has 8 nitrogen and oxygen atoms in total. The second-order valence-corrected chi connectivity index (χ2v) is 7.78. The first-order valence-corrected chi connectivity index (χ1v) is 10.0. The van der Waals surface area contributed by atoms with E-state index in [1.165, 1.54) is 11.3 Å². The molecule has 1 amide bonds. The van der Waals surface area contributed by atoms with Gasteiger partial charge in [0, 0.05) is 38.1 Å². The van der Waals surface area contributed by atoms with Gasteiger partial charge in [0.25, 0.3) is 5.91 Å². The van der Waals surface area contributed by atoms with Crippen molar-refractivity contribution in [3.8, 4) is 10.7 Å². The van der Waals surface area contributed by atoms with Crippen molar-refractivity contribution in [1.82, 2.24) is 24.9 Å². The van der Waals surface area contributed by atoms with Crippen molar-refractivity contribution in [3.63, 3.8) is 0 Å². The van der Waals surface area contributed by atoms with E-state index in [2.05, 4.69) is 20.0 Å². The van der Waals surface area contributed by atoms with Crippen LogP contribution in [-0.2, 0) is 13.1 Å². The van der Waals surface area contributed by atoms with Crippen molar-refractivity contribution >= 4 is 53.4 Å². The Labute approximate surface area is 182 Å². The zero-order chi connectivity index (χ0) is 17.9. The number of rotatable bonds is 5. The molecule has 0 aromatic carbocycles. The number of carbonyl (C=O) groups excluding carboxylic acids is 1. The minimum Gasteiger partial charge on any atom is -0.338 e. The molecule has 1 fully saturated rings. The van der Waals surface area contributed by atoms with Crippen LogP contribution in [0.1, 0.15) is 21.4 Å². The lowest BCUT2D eigenvalue weighted by Gasteiger charge is -2.33. The molecule has 0 saturated carbocycles. The first kappa shape index (κ1) is 22.7. The van der Waals surface area contributed by atoms with Gasteiger partial charge in [0.2, 0.25) is 11.7 Å². The van der Waals surface area contributed by atoms with E-state index in [4.69, 9.17) is 10.3 Å². The molecule has 12 heteroatoms. The Hall–Kier alpha value is -1.56. The molecule has 1 saturated heterocycles. The molecule has 2 N–H and O–H groups in total. The highest BCUT2D eigenvalue weighted by atomic mass is 35.5. The van der Waals surface area contributed by atoms with Gasteiger partial charge in [-0.3, -0.25) is 9.69 Å². The van der Waals surface area contributed by atoms with E-state index in [0.29, 0.717) is 43.6 Å². The fourth-order valence-corrected chi connectivity index (χ4v) is 4.09. The first-order valence-electron chi connectivity index (χ1n) is 8.25. The summed E-state index contributed by atoms with van der Waals surface area (Å²) in [5.74, 6) is 1.20. The minimum atomic E-state index is -0.0293. The van der Waals surface area contributed by atoms with Gasteiger partial charge in [0.05, 0.1) is 11.4 Å². The van der Waals surface area contributed by atoms with Crippen LogP contribution in [0.15, 0.2) is 27.4 Å². The Bertz CT molecular complexity index is 877. The molecule has 0 radical (unpaired) electrons. The maximum absolute atomic E-state index is 12.5. The van der Waals surface area contributed by atoms with Crippen LogP contribution in [0.2, 0.25) is 0 Å². The maximum atomic E-state index is 12.5. The number of nitrogens with zero attached hydrogens (tertiary/aromatic N) is 5. The number of halogens is 2. The van der Waals surface area contributed by atoms with Crippen LogP contribution in [0, 0.1) is 0 Å². The molecule has 1 aliphatic rings. The zero-order valence-electron chi connectivity index (χ0n) is 14.8. The van der Waals surface area contributed by atoms with E-state index in [0.717, 1.165) is 23.0 Å². The molecule has 4 heterocycles. The quantitative estimate of drug-likeness (QED) is 0.621. The molecule has 0 spiro atoms. The Kier molecular flexibility index (Phi) is 8.35. The second-order valence-electron chi connectivity index (χ2n) is 5.89. The van der Waals surface area contributed by atoms with E-state index in [-0.39, 0.29) is 30.7 Å². The summed E-state index contributed by atoms with van der Waals surface area (Å²) >= 11 is 3.01. The Morgan fingerprint density at radius 2 is 1.96 bits per heavy atom. The number of amides is 1. The van der Waals surface area contributed by atoms with Gasteiger partial charge in [-0.1, -0.05) is 11.2 Å². The lowest BCUT2D eigenvalue weighted by atomic mass is 10.3. The van der Waals surface area contributed by atoms with E-state index >= 15 is 0 Å². The van der Waals surface area contributed by atoms with Crippen molar-refractivity contribution in [1.29, 1.82) is 0 Å². The summed E-state index contributed by atoms with van der Waals surface area (Å²) in [7, 11) is 0. The van der Waals surface area contributed by atoms with E-state index in [9.17, 15) is 4.79 Å². The topological polar surface area (TPSA) is 101 Å². The molecular weight excluding hydrogens is 443 g/mol. The van der Waals surface area contributed by atoms with E-state index in [1.54, 1.807) is 16.7 Å². The monoisotopic (exact) mass is 462 g/mol. The summed E-state index contributed by atoms with van der Waals surface area (Å²) < 4.78 is 5.35. The van der Waals surface area contributed by atoms with Crippen molar-refractivity contribution in [2.24, 2.45) is 5.73 Å². The van der Waals surface area contributed by atoms with Crippen molar-refractivity contribution < 1.29 is 9.32 Å². The highest BCUT2D eigenvalue weighted by Gasteiger charge is 2.25. The average molecular weight is 463 g/mol. The predicted molar refractivity (Wildman–Crippen MR) is 113 cm³/mol. The number of aromatic nitrogens is 3. The van der Waals surface area contributed by atoms with Crippen LogP contribution in [0.4, 0.5) is 0 Å². The normalized spacial score (nSPS) is 14.4. The minimum absolute atomic E-state index is 0. The van der Waals surface area contributed by atoms with Crippen LogP contribution >= 0.6 is 47.5 Å². The summed E-state index contributed by atoms with van der Waals surface area (Å²) in [4.78, 5) is 26.3. The summed E-state index contributed by atoms with van der Waals surface area (Å²) in [5, 5.41) is 8.58. The zero-order valence-corrected chi connectivity index (χ0v) is 18.1. The van der Waals surface area contributed by atoms with Gasteiger partial charge in [0.15, 0.2) is 0 Å². The summed E-state index contributed by atoms with van der Waals surface area (Å²) in [6, 6.07) is 3.93. The Balaban J connectivity index is 0.00000140. The molecule has 1 aliphatic heterocycles. The van der Waals surface area contributed by atoms with E-state index < -0.39 is 0 Å². The highest BCUT2D eigenvalue weighted by Crippen LogP contribution is 2.22. The van der Waals surface area contributed by atoms with Gasteiger partial charge in [-0.25, -0.2) is 4.98 Å². The van der Waals surface area contributed by atoms with Crippen LogP contribution in [0.25, 0.3) is 10.7 Å². The van der Waals surface area contributed by atoms with Gasteiger partial charge in [-0.15, -0.1) is 47.5 Å². The number of thiophene rings is 1. The van der Waals surface area contributed by atoms with Gasteiger partial charge < -0.3 is 15.2 Å². The first-order chi connectivity index (χ1) is 12.7. The molecule has 0 atom stereocenters. The van der Waals surface area contributed by atoms with E-state index in [1.807, 2.05) is 22.4 Å². The fraction of sp³-hybridized carbons (Fsp3) is 0.375. The van der Waals surface area contributed by atoms with Crippen molar-refractivity contribution in [2.75, 3.05) is 26.2 Å². The maximum Gasteiger partial charge on any atom is 0.273 e. The van der Waals surface area contributed by atoms with Crippen LogP contribution in [0.3, 0.4) is 0 Å². The summed E-state index contributed by atoms with van der Waals surface area (Å²) in [6.07, 6.45) is 0. The SMILES string of the molecule is Cl.Cl.NCc1nc(C(=O)N2CCN(Cc3nc(-c4cccs4)no3)CC2)cs1. The molecule has 3 aromatic rings. The third-order valence-electron chi connectivity index (χ3n) is 4.17. The van der Waals surface area contributed by atoms with Crippen LogP contribution in [0.5, 0.6) is 0 Å². The standard InChI is InChI=1S/C16H18N6O2S2.2ClH/c17-8-14-18-11(10-26-14)16(23)22-5-3-21(4-6-22)9-13-19-15(20-24-13)12-2-1-7-25-12;;/h1-2,7,10H,3-6,8-9,17H2;2*1H. The lowest BCUT2D eigenvalue weighted by molar-refractivity contribution is 0.0610. The number of thiazole rings is 1. The number of carbonyl (C=O) groups is 1. The largest absolute Gasteiger partial charge is 0.338 e. The summed E-state index contributed by atoms with van der Waals surface area (Å²) in [5.41, 5.74) is 6.05. The van der Waals surface area contributed by atoms with Crippen LogP contribution in [-0.4, -0.2) is 57.0 Å². The lowest BCUT2D eigenvalue weighted by Crippen LogP contribution is -2.48. The van der Waals surface area contributed by atoms with Crippen molar-refractivity contribution in [2.45, 2.75) is 13.1 Å². The van der Waals surface area contributed by atoms with Crippen molar-refractivity contribution in [3.05, 3.63) is 39.5 Å². The number of hydrogen-bond acceptors (Lipinski definition) is 9. The van der Waals surface area contributed by atoms with Gasteiger partial charge in [0.1, 0.15) is 10.7 Å².